The van der Waals surface area contributed by atoms with Gasteiger partial charge in [-0.05, 0) is 32.0 Å². The number of morpholine rings is 1. The highest BCUT2D eigenvalue weighted by Gasteiger charge is 2.16. The topological polar surface area (TPSA) is 126 Å². The lowest BCUT2D eigenvalue weighted by Gasteiger charge is -2.26. The van der Waals surface area contributed by atoms with Crippen LogP contribution >= 0.6 is 11.3 Å². The first-order chi connectivity index (χ1) is 17.0. The summed E-state index contributed by atoms with van der Waals surface area (Å²) in [6.07, 6.45) is 1.92. The first-order valence-electron chi connectivity index (χ1n) is 11.4. The molecule has 1 aromatic heterocycles. The molecule has 2 aromatic rings. The highest BCUT2D eigenvalue weighted by Crippen LogP contribution is 2.15. The van der Waals surface area contributed by atoms with Gasteiger partial charge in [0.25, 0.3) is 5.56 Å². The molecule has 0 bridgehead atoms. The van der Waals surface area contributed by atoms with Gasteiger partial charge >= 0.3 is 5.97 Å². The van der Waals surface area contributed by atoms with Gasteiger partial charge in [0.05, 0.1) is 19.8 Å². The van der Waals surface area contributed by atoms with Crippen molar-refractivity contribution in [2.45, 2.75) is 26.8 Å². The van der Waals surface area contributed by atoms with Crippen LogP contribution in [-0.4, -0.2) is 60.8 Å². The summed E-state index contributed by atoms with van der Waals surface area (Å²) in [6, 6.07) is 9.01. The molecular formula is C24H29N5O5S. The zero-order valence-electron chi connectivity index (χ0n) is 19.8. The molecule has 10 nitrogen and oxygen atoms in total. The molecule has 1 fully saturated rings. The first-order valence-corrected chi connectivity index (χ1v) is 12.3. The van der Waals surface area contributed by atoms with E-state index in [1.165, 1.54) is 10.8 Å². The fraction of sp³-hybridized carbons (Fsp3) is 0.417. The fourth-order valence-corrected chi connectivity index (χ4v) is 4.60. The maximum absolute atomic E-state index is 12.8. The second-order valence-corrected chi connectivity index (χ2v) is 8.68. The number of nitrogens with one attached hydrogen (secondary N) is 2. The zero-order chi connectivity index (χ0) is 25.2. The molecule has 0 spiro atoms. The van der Waals surface area contributed by atoms with Gasteiger partial charge in [-0.2, -0.15) is 5.26 Å². The van der Waals surface area contributed by atoms with Crippen LogP contribution in [0.5, 0.6) is 0 Å². The van der Waals surface area contributed by atoms with E-state index < -0.39 is 5.97 Å². The van der Waals surface area contributed by atoms with E-state index in [1.807, 2.05) is 6.07 Å². The lowest BCUT2D eigenvalue weighted by Crippen LogP contribution is -2.38. The second kappa shape index (κ2) is 12.9. The van der Waals surface area contributed by atoms with Crippen molar-refractivity contribution in [2.24, 2.45) is 0 Å². The van der Waals surface area contributed by atoms with Gasteiger partial charge in [-0.1, -0.05) is 6.07 Å². The average molecular weight is 500 g/mol. The maximum atomic E-state index is 12.8. The lowest BCUT2D eigenvalue weighted by atomic mass is 10.2. The summed E-state index contributed by atoms with van der Waals surface area (Å²) in [5, 5.41) is 15.4. The Hall–Kier alpha value is -3.46. The Labute approximate surface area is 207 Å². The standard InChI is InChI=1S/C24H29N5O5S/c1-3-29-22(31)20(35-23(29)19(15-25)24(32)34-4-2)16-26-17-6-5-7-18(14-17)27-21(30)8-9-28-10-12-33-13-11-28/h5-7,14,16,26H,3-4,8-13H2,1-2H3,(H,27,30). The van der Waals surface area contributed by atoms with Crippen LogP contribution in [-0.2, 0) is 25.6 Å². The predicted octanol–water partition coefficient (Wildman–Crippen LogP) is 0.678. The van der Waals surface area contributed by atoms with Crippen molar-refractivity contribution in [1.29, 1.82) is 5.26 Å². The van der Waals surface area contributed by atoms with Gasteiger partial charge in [-0.25, -0.2) is 4.79 Å². The van der Waals surface area contributed by atoms with Crippen LogP contribution in [0.1, 0.15) is 20.3 Å². The van der Waals surface area contributed by atoms with Crippen LogP contribution in [0.15, 0.2) is 29.1 Å². The summed E-state index contributed by atoms with van der Waals surface area (Å²) in [5.74, 6) is -0.833. The highest BCUT2D eigenvalue weighted by molar-refractivity contribution is 7.07. The Bertz CT molecular complexity index is 1270. The molecule has 2 N–H and O–H groups in total. The zero-order valence-corrected chi connectivity index (χ0v) is 20.7. The van der Waals surface area contributed by atoms with Crippen molar-refractivity contribution < 1.29 is 19.1 Å². The summed E-state index contributed by atoms with van der Waals surface area (Å²) in [7, 11) is 0. The first kappa shape index (κ1) is 26.2. The number of hydrogen-bond acceptors (Lipinski definition) is 9. The molecule has 1 aromatic carbocycles. The van der Waals surface area contributed by atoms with Gasteiger partial charge in [-0.15, -0.1) is 11.3 Å². The Morgan fingerprint density at radius 3 is 2.69 bits per heavy atom. The van der Waals surface area contributed by atoms with Gasteiger partial charge in [0.15, 0.2) is 5.57 Å². The van der Waals surface area contributed by atoms with Gasteiger partial charge in [0.1, 0.15) is 15.3 Å². The normalized spacial score (nSPS) is 15.3. The van der Waals surface area contributed by atoms with Crippen LogP contribution in [0.3, 0.4) is 0 Å². The maximum Gasteiger partial charge on any atom is 0.351 e. The minimum atomic E-state index is -0.755. The number of benzene rings is 1. The molecule has 0 aliphatic carbocycles. The molecule has 1 aliphatic rings. The minimum absolute atomic E-state index is 0.0788. The predicted molar refractivity (Wildman–Crippen MR) is 134 cm³/mol. The quantitative estimate of drug-likeness (QED) is 0.483. The lowest BCUT2D eigenvalue weighted by molar-refractivity contribution is -0.136. The van der Waals surface area contributed by atoms with Gasteiger partial charge in [-0.3, -0.25) is 19.1 Å². The van der Waals surface area contributed by atoms with E-state index in [0.29, 0.717) is 48.6 Å². The number of nitrogens with zero attached hydrogens (tertiary/aromatic N) is 3. The van der Waals surface area contributed by atoms with Gasteiger partial charge in [0.2, 0.25) is 5.91 Å². The van der Waals surface area contributed by atoms with Crippen molar-refractivity contribution in [2.75, 3.05) is 50.1 Å². The number of nitriles is 1. The molecule has 11 heteroatoms. The fourth-order valence-electron chi connectivity index (χ4n) is 3.52. The van der Waals surface area contributed by atoms with E-state index in [4.69, 9.17) is 9.47 Å². The van der Waals surface area contributed by atoms with E-state index in [-0.39, 0.29) is 28.3 Å². The number of ether oxygens (including phenoxy) is 2. The molecule has 1 amide bonds. The largest absolute Gasteiger partial charge is 0.462 e. The van der Waals surface area contributed by atoms with Crippen molar-refractivity contribution >= 4 is 46.4 Å². The molecule has 1 saturated heterocycles. The molecule has 0 saturated carbocycles. The van der Waals surface area contributed by atoms with E-state index in [0.717, 1.165) is 24.4 Å². The Balaban J connectivity index is 1.74. The molecule has 2 heterocycles. The molecule has 0 radical (unpaired) electrons. The molecule has 3 rings (SSSR count). The molecule has 0 unspecified atom stereocenters. The number of aromatic nitrogens is 1. The van der Waals surface area contributed by atoms with Crippen molar-refractivity contribution in [1.82, 2.24) is 9.47 Å². The smallest absolute Gasteiger partial charge is 0.351 e. The number of thiazole rings is 1. The summed E-state index contributed by atoms with van der Waals surface area (Å²) >= 11 is 1.04. The van der Waals surface area contributed by atoms with Crippen LogP contribution in [0.25, 0.3) is 11.8 Å². The van der Waals surface area contributed by atoms with Crippen LogP contribution in [0, 0.1) is 11.3 Å². The van der Waals surface area contributed by atoms with Gasteiger partial charge < -0.3 is 20.1 Å². The molecule has 1 aliphatic heterocycles. The second-order valence-electron chi connectivity index (χ2n) is 7.65. The van der Waals surface area contributed by atoms with Crippen LogP contribution < -0.4 is 25.4 Å². The highest BCUT2D eigenvalue weighted by atomic mass is 32.1. The van der Waals surface area contributed by atoms with Crippen molar-refractivity contribution in [3.63, 3.8) is 0 Å². The van der Waals surface area contributed by atoms with E-state index >= 15 is 0 Å². The number of anilines is 2. The summed E-state index contributed by atoms with van der Waals surface area (Å²) in [5.41, 5.74) is 0.792. The summed E-state index contributed by atoms with van der Waals surface area (Å²) in [6.45, 7) is 7.58. The number of carbonyl (C=O) groups is 2. The number of amides is 1. The van der Waals surface area contributed by atoms with Gasteiger partial charge in [0, 0.05) is 50.2 Å². The summed E-state index contributed by atoms with van der Waals surface area (Å²) in [4.78, 5) is 39.5. The SMILES string of the molecule is CCOC(=O)C(C#N)=c1sc(=CNc2cccc(NC(=O)CCN3CCOCC3)c2)c(=O)n1CC. The van der Waals surface area contributed by atoms with E-state index in [2.05, 4.69) is 15.5 Å². The molecule has 35 heavy (non-hydrogen) atoms. The number of carbonyl (C=O) groups excluding carboxylic acids is 2. The Morgan fingerprint density at radius 2 is 2.00 bits per heavy atom. The number of rotatable bonds is 9. The third-order valence-electron chi connectivity index (χ3n) is 5.30. The third-order valence-corrected chi connectivity index (χ3v) is 6.43. The Kier molecular flexibility index (Phi) is 9.60. The number of esters is 1. The van der Waals surface area contributed by atoms with Crippen molar-refractivity contribution in [3.05, 3.63) is 43.8 Å². The summed E-state index contributed by atoms with van der Waals surface area (Å²) < 4.78 is 12.2. The third kappa shape index (κ3) is 7.02. The minimum Gasteiger partial charge on any atom is -0.462 e. The van der Waals surface area contributed by atoms with Crippen LogP contribution in [0.2, 0.25) is 0 Å². The average Bonchev–Trinajstić information content (AvgIpc) is 3.17. The number of hydrogen-bond donors (Lipinski definition) is 2. The van der Waals surface area contributed by atoms with Crippen molar-refractivity contribution in [3.8, 4) is 6.07 Å². The molecular weight excluding hydrogens is 470 g/mol. The monoisotopic (exact) mass is 499 g/mol. The molecule has 0 atom stereocenters. The Morgan fingerprint density at radius 1 is 1.26 bits per heavy atom. The van der Waals surface area contributed by atoms with Crippen LogP contribution in [0.4, 0.5) is 11.4 Å². The van der Waals surface area contributed by atoms with E-state index in [1.54, 1.807) is 38.1 Å². The molecule has 186 valence electrons. The van der Waals surface area contributed by atoms with E-state index in [9.17, 15) is 19.6 Å².